The molecule has 0 unspecified atom stereocenters. The van der Waals surface area contributed by atoms with Gasteiger partial charge in [-0.25, -0.2) is 0 Å². The largest absolute Gasteiger partial charge is 0.392 e. The number of aliphatic hydroxyl groups is 1. The lowest BCUT2D eigenvalue weighted by Crippen LogP contribution is -1.89. The normalized spacial score (nSPS) is 10.4. The van der Waals surface area contributed by atoms with Gasteiger partial charge in [0.05, 0.1) is 6.61 Å². The summed E-state index contributed by atoms with van der Waals surface area (Å²) in [5.74, 6) is 0. The van der Waals surface area contributed by atoms with Crippen molar-refractivity contribution in [3.05, 3.63) is 53.3 Å². The summed E-state index contributed by atoms with van der Waals surface area (Å²) in [4.78, 5) is 4.14. The number of pyridine rings is 1. The van der Waals surface area contributed by atoms with E-state index in [-0.39, 0.29) is 6.61 Å². The number of nitrogens with zero attached hydrogens (tertiary/aromatic N) is 1. The Morgan fingerprint density at radius 1 is 1.12 bits per heavy atom. The Bertz CT molecular complexity index is 506. The molecule has 1 N–H and O–H groups in total. The fourth-order valence-electron chi connectivity index (χ4n) is 1.86. The molecule has 0 saturated carbocycles. The highest BCUT2D eigenvalue weighted by Crippen LogP contribution is 2.24. The quantitative estimate of drug-likeness (QED) is 0.832. The van der Waals surface area contributed by atoms with Crippen LogP contribution in [-0.2, 0) is 6.61 Å². The van der Waals surface area contributed by atoms with E-state index >= 15 is 0 Å². The SMILES string of the molecule is Cc1ccc(-c2cncc(CO)c2)c(C)c1. The molecule has 2 heteroatoms. The molecular formula is C14H15NO. The molecule has 1 aromatic carbocycles. The van der Waals surface area contributed by atoms with E-state index < -0.39 is 0 Å². The Morgan fingerprint density at radius 2 is 1.94 bits per heavy atom. The smallest absolute Gasteiger partial charge is 0.0697 e. The second-order valence-corrected chi connectivity index (χ2v) is 4.06. The van der Waals surface area contributed by atoms with Crippen LogP contribution in [0.3, 0.4) is 0 Å². The summed E-state index contributed by atoms with van der Waals surface area (Å²) in [5, 5.41) is 9.08. The zero-order valence-corrected chi connectivity index (χ0v) is 9.57. The van der Waals surface area contributed by atoms with Gasteiger partial charge in [-0.15, -0.1) is 0 Å². The Kier molecular flexibility index (Phi) is 3.02. The highest BCUT2D eigenvalue weighted by molar-refractivity contribution is 5.67. The lowest BCUT2D eigenvalue weighted by molar-refractivity contribution is 0.281. The number of aromatic nitrogens is 1. The van der Waals surface area contributed by atoms with E-state index in [4.69, 9.17) is 5.11 Å². The van der Waals surface area contributed by atoms with Crippen molar-refractivity contribution < 1.29 is 5.11 Å². The predicted octanol–water partition coefficient (Wildman–Crippen LogP) is 2.86. The van der Waals surface area contributed by atoms with Crippen molar-refractivity contribution >= 4 is 0 Å². The average molecular weight is 213 g/mol. The van der Waals surface area contributed by atoms with Gasteiger partial charge < -0.3 is 5.11 Å². The van der Waals surface area contributed by atoms with Crippen LogP contribution in [0.2, 0.25) is 0 Å². The molecule has 0 radical (unpaired) electrons. The number of hydrogen-bond donors (Lipinski definition) is 1. The first-order valence-electron chi connectivity index (χ1n) is 5.33. The van der Waals surface area contributed by atoms with Gasteiger partial charge in [-0.3, -0.25) is 4.98 Å². The average Bonchev–Trinajstić information content (AvgIpc) is 2.29. The van der Waals surface area contributed by atoms with Crippen LogP contribution < -0.4 is 0 Å². The van der Waals surface area contributed by atoms with Crippen LogP contribution in [0.25, 0.3) is 11.1 Å². The van der Waals surface area contributed by atoms with Gasteiger partial charge in [0.1, 0.15) is 0 Å². The van der Waals surface area contributed by atoms with Crippen molar-refractivity contribution in [3.8, 4) is 11.1 Å². The Morgan fingerprint density at radius 3 is 2.62 bits per heavy atom. The van der Waals surface area contributed by atoms with Crippen molar-refractivity contribution in [3.63, 3.8) is 0 Å². The summed E-state index contributed by atoms with van der Waals surface area (Å²) in [5.41, 5.74) is 5.57. The second kappa shape index (κ2) is 4.45. The maximum absolute atomic E-state index is 9.08. The zero-order valence-electron chi connectivity index (χ0n) is 9.57. The van der Waals surface area contributed by atoms with Gasteiger partial charge in [0, 0.05) is 18.0 Å². The Labute approximate surface area is 95.6 Å². The molecule has 2 aromatic rings. The third-order valence-electron chi connectivity index (χ3n) is 2.67. The lowest BCUT2D eigenvalue weighted by Gasteiger charge is -2.07. The van der Waals surface area contributed by atoms with Crippen LogP contribution in [-0.4, -0.2) is 10.1 Å². The van der Waals surface area contributed by atoms with Crippen LogP contribution in [0, 0.1) is 13.8 Å². The first kappa shape index (κ1) is 10.8. The highest BCUT2D eigenvalue weighted by atomic mass is 16.3. The monoisotopic (exact) mass is 213 g/mol. The Balaban J connectivity index is 2.49. The first-order valence-corrected chi connectivity index (χ1v) is 5.33. The van der Waals surface area contributed by atoms with Crippen LogP contribution in [0.5, 0.6) is 0 Å². The molecule has 0 bridgehead atoms. The van der Waals surface area contributed by atoms with Crippen LogP contribution in [0.15, 0.2) is 36.7 Å². The van der Waals surface area contributed by atoms with Gasteiger partial charge in [-0.2, -0.15) is 0 Å². The number of aryl methyl sites for hydroxylation is 2. The van der Waals surface area contributed by atoms with E-state index in [0.717, 1.165) is 11.1 Å². The van der Waals surface area contributed by atoms with Gasteiger partial charge in [-0.1, -0.05) is 23.8 Å². The predicted molar refractivity (Wildman–Crippen MR) is 65.1 cm³/mol. The molecule has 82 valence electrons. The molecule has 0 atom stereocenters. The molecule has 1 heterocycles. The fraction of sp³-hybridized carbons (Fsp3) is 0.214. The number of benzene rings is 1. The van der Waals surface area contributed by atoms with E-state index in [1.54, 1.807) is 6.20 Å². The van der Waals surface area contributed by atoms with Gasteiger partial charge in [0.25, 0.3) is 0 Å². The van der Waals surface area contributed by atoms with Gasteiger partial charge in [0.2, 0.25) is 0 Å². The van der Waals surface area contributed by atoms with E-state index in [2.05, 4.69) is 37.0 Å². The van der Waals surface area contributed by atoms with Crippen molar-refractivity contribution in [2.45, 2.75) is 20.5 Å². The van der Waals surface area contributed by atoms with Crippen LogP contribution in [0.4, 0.5) is 0 Å². The van der Waals surface area contributed by atoms with Crippen molar-refractivity contribution in [1.82, 2.24) is 4.98 Å². The van der Waals surface area contributed by atoms with Gasteiger partial charge >= 0.3 is 0 Å². The summed E-state index contributed by atoms with van der Waals surface area (Å²) < 4.78 is 0. The summed E-state index contributed by atoms with van der Waals surface area (Å²) in [6.07, 6.45) is 3.52. The van der Waals surface area contributed by atoms with Crippen LogP contribution >= 0.6 is 0 Å². The molecule has 2 rings (SSSR count). The number of rotatable bonds is 2. The lowest BCUT2D eigenvalue weighted by atomic mass is 9.99. The van der Waals surface area contributed by atoms with E-state index in [1.807, 2.05) is 12.3 Å². The molecule has 0 aliphatic heterocycles. The molecule has 0 spiro atoms. The minimum absolute atomic E-state index is 0.0335. The first-order chi connectivity index (χ1) is 7.70. The highest BCUT2D eigenvalue weighted by Gasteiger charge is 2.03. The minimum atomic E-state index is 0.0335. The Hall–Kier alpha value is -1.67. The molecule has 0 amide bonds. The molecule has 0 saturated heterocycles. The molecule has 1 aromatic heterocycles. The number of aliphatic hydroxyl groups excluding tert-OH is 1. The van der Waals surface area contributed by atoms with E-state index in [1.165, 1.54) is 16.7 Å². The molecule has 0 aliphatic carbocycles. The summed E-state index contributed by atoms with van der Waals surface area (Å²) in [7, 11) is 0. The van der Waals surface area contributed by atoms with Crippen molar-refractivity contribution in [2.24, 2.45) is 0 Å². The topological polar surface area (TPSA) is 33.1 Å². The van der Waals surface area contributed by atoms with Gasteiger partial charge in [-0.05, 0) is 36.6 Å². The third kappa shape index (κ3) is 2.12. The summed E-state index contributed by atoms with van der Waals surface area (Å²) in [6, 6.07) is 8.32. The molecule has 0 fully saturated rings. The zero-order chi connectivity index (χ0) is 11.5. The van der Waals surface area contributed by atoms with Crippen LogP contribution in [0.1, 0.15) is 16.7 Å². The fourth-order valence-corrected chi connectivity index (χ4v) is 1.86. The maximum atomic E-state index is 9.08. The second-order valence-electron chi connectivity index (χ2n) is 4.06. The number of hydrogen-bond acceptors (Lipinski definition) is 2. The maximum Gasteiger partial charge on any atom is 0.0697 e. The standard InChI is InChI=1S/C14H15NO/c1-10-3-4-14(11(2)5-10)13-6-12(9-16)7-15-8-13/h3-8,16H,9H2,1-2H3. The van der Waals surface area contributed by atoms with Crippen molar-refractivity contribution in [2.75, 3.05) is 0 Å². The molecule has 0 aliphatic rings. The summed E-state index contributed by atoms with van der Waals surface area (Å²) >= 11 is 0. The van der Waals surface area contributed by atoms with Gasteiger partial charge in [0.15, 0.2) is 0 Å². The minimum Gasteiger partial charge on any atom is -0.392 e. The van der Waals surface area contributed by atoms with E-state index in [9.17, 15) is 0 Å². The third-order valence-corrected chi connectivity index (χ3v) is 2.67. The molecule has 16 heavy (non-hydrogen) atoms. The summed E-state index contributed by atoms with van der Waals surface area (Å²) in [6.45, 7) is 4.21. The van der Waals surface area contributed by atoms with Crippen molar-refractivity contribution in [1.29, 1.82) is 0 Å². The van der Waals surface area contributed by atoms with E-state index in [0.29, 0.717) is 0 Å². The molecule has 2 nitrogen and oxygen atoms in total. The molecular weight excluding hydrogens is 198 g/mol.